The number of aliphatic hydroxyl groups excluding tert-OH is 5. The molecule has 6 N–H and O–H groups in total. The Morgan fingerprint density at radius 1 is 0.673 bits per heavy atom. The molecule has 1 rings (SSSR count). The lowest BCUT2D eigenvalue weighted by Gasteiger charge is -2.40. The van der Waals surface area contributed by atoms with Crippen LogP contribution in [0.4, 0.5) is 0 Å². The fourth-order valence-corrected chi connectivity index (χ4v) is 6.51. The SMILES string of the molecule is CCCCCCCCCCCCCCC/C=C/[C@@H](O)[C@H](CO[C@@H]1O[C@H](CO)[C@@H](O)C(O)C1O)NC(=O)CCCCCCCCCCCCC. The number of carbonyl (C=O) groups is 1. The van der Waals surface area contributed by atoms with Crippen molar-refractivity contribution in [1.29, 1.82) is 0 Å². The standard InChI is InChI=1S/C40H77NO8/c1-3-5-7-9-11-13-15-16-17-18-20-21-23-25-27-29-34(43)33(32-48-40-39(47)38(46)37(45)35(31-42)49-40)41-36(44)30-28-26-24-22-19-14-12-10-8-6-4-2/h27,29,33-35,37-40,42-43,45-47H,3-26,28,30-32H2,1-2H3,(H,41,44)/b29-27+/t33-,34+,35+,37+,38?,39?,40+/m0/s1. The van der Waals surface area contributed by atoms with Crippen LogP contribution in [-0.4, -0.2) is 87.5 Å². The summed E-state index contributed by atoms with van der Waals surface area (Å²) >= 11 is 0. The van der Waals surface area contributed by atoms with Crippen molar-refractivity contribution < 1.29 is 39.8 Å². The molecule has 0 saturated carbocycles. The summed E-state index contributed by atoms with van der Waals surface area (Å²) in [5.74, 6) is -0.178. The van der Waals surface area contributed by atoms with Gasteiger partial charge in [-0.15, -0.1) is 0 Å². The molecule has 49 heavy (non-hydrogen) atoms. The lowest BCUT2D eigenvalue weighted by molar-refractivity contribution is -0.302. The summed E-state index contributed by atoms with van der Waals surface area (Å²) in [6.07, 6.45) is 26.8. The second-order valence-corrected chi connectivity index (χ2v) is 14.4. The maximum atomic E-state index is 12.9. The number of nitrogens with one attached hydrogen (secondary N) is 1. The number of amides is 1. The van der Waals surface area contributed by atoms with Gasteiger partial charge in [-0.1, -0.05) is 167 Å². The topological polar surface area (TPSA) is 149 Å². The number of carbonyl (C=O) groups excluding carboxylic acids is 1. The molecule has 0 aromatic heterocycles. The van der Waals surface area contributed by atoms with E-state index in [1.54, 1.807) is 6.08 Å². The van der Waals surface area contributed by atoms with E-state index in [4.69, 9.17) is 9.47 Å². The van der Waals surface area contributed by atoms with Gasteiger partial charge in [-0.25, -0.2) is 0 Å². The Morgan fingerprint density at radius 3 is 1.59 bits per heavy atom. The number of aliphatic hydroxyl groups is 5. The number of allylic oxidation sites excluding steroid dienone is 1. The van der Waals surface area contributed by atoms with Crippen LogP contribution in [0.5, 0.6) is 0 Å². The molecule has 2 unspecified atom stereocenters. The molecule has 0 aromatic rings. The van der Waals surface area contributed by atoms with Crippen LogP contribution in [0.25, 0.3) is 0 Å². The molecule has 9 heteroatoms. The molecule has 7 atom stereocenters. The summed E-state index contributed by atoms with van der Waals surface area (Å²) < 4.78 is 11.2. The molecule has 1 saturated heterocycles. The van der Waals surface area contributed by atoms with Crippen molar-refractivity contribution in [2.45, 2.75) is 224 Å². The predicted molar refractivity (Wildman–Crippen MR) is 198 cm³/mol. The van der Waals surface area contributed by atoms with Gasteiger partial charge in [-0.05, 0) is 19.3 Å². The van der Waals surface area contributed by atoms with Crippen LogP contribution in [0.3, 0.4) is 0 Å². The Labute approximate surface area is 299 Å². The van der Waals surface area contributed by atoms with Crippen molar-refractivity contribution in [1.82, 2.24) is 5.32 Å². The maximum absolute atomic E-state index is 12.9. The van der Waals surface area contributed by atoms with E-state index in [1.807, 2.05) is 6.08 Å². The highest BCUT2D eigenvalue weighted by Gasteiger charge is 2.44. The predicted octanol–water partition coefficient (Wildman–Crippen LogP) is 7.39. The monoisotopic (exact) mass is 700 g/mol. The largest absolute Gasteiger partial charge is 0.394 e. The fraction of sp³-hybridized carbons (Fsp3) is 0.925. The highest BCUT2D eigenvalue weighted by Crippen LogP contribution is 2.22. The molecule has 0 aliphatic carbocycles. The molecule has 1 aliphatic heterocycles. The first-order valence-electron chi connectivity index (χ1n) is 20.4. The third kappa shape index (κ3) is 23.2. The van der Waals surface area contributed by atoms with Gasteiger partial charge >= 0.3 is 0 Å². The van der Waals surface area contributed by atoms with Crippen LogP contribution in [0, 0.1) is 0 Å². The summed E-state index contributed by atoms with van der Waals surface area (Å²) in [5.41, 5.74) is 0. The van der Waals surface area contributed by atoms with Crippen LogP contribution in [0.1, 0.15) is 181 Å². The molecule has 1 amide bonds. The minimum Gasteiger partial charge on any atom is -0.394 e. The Morgan fingerprint density at radius 2 is 1.12 bits per heavy atom. The van der Waals surface area contributed by atoms with Crippen molar-refractivity contribution in [3.8, 4) is 0 Å². The molecule has 1 heterocycles. The van der Waals surface area contributed by atoms with E-state index >= 15 is 0 Å². The molecule has 1 fully saturated rings. The van der Waals surface area contributed by atoms with Crippen LogP contribution in [0.15, 0.2) is 12.2 Å². The third-order valence-electron chi connectivity index (χ3n) is 9.86. The minimum atomic E-state index is -1.56. The van der Waals surface area contributed by atoms with Crippen LogP contribution in [-0.2, 0) is 14.3 Å². The van der Waals surface area contributed by atoms with Gasteiger partial charge in [0, 0.05) is 6.42 Å². The molecule has 0 radical (unpaired) electrons. The third-order valence-corrected chi connectivity index (χ3v) is 9.86. The summed E-state index contributed by atoms with van der Waals surface area (Å²) in [4.78, 5) is 12.9. The van der Waals surface area contributed by atoms with Gasteiger partial charge in [-0.2, -0.15) is 0 Å². The van der Waals surface area contributed by atoms with Gasteiger partial charge in [0.25, 0.3) is 0 Å². The van der Waals surface area contributed by atoms with Crippen LogP contribution in [0.2, 0.25) is 0 Å². The van der Waals surface area contributed by atoms with Crippen molar-refractivity contribution in [2.24, 2.45) is 0 Å². The lowest BCUT2D eigenvalue weighted by atomic mass is 9.99. The molecule has 290 valence electrons. The van der Waals surface area contributed by atoms with Crippen molar-refractivity contribution in [3.05, 3.63) is 12.2 Å². The number of ether oxygens (including phenoxy) is 2. The second kappa shape index (κ2) is 31.6. The smallest absolute Gasteiger partial charge is 0.220 e. The summed E-state index contributed by atoms with van der Waals surface area (Å²) in [6, 6.07) is -0.796. The van der Waals surface area contributed by atoms with Gasteiger partial charge in [-0.3, -0.25) is 4.79 Å². The van der Waals surface area contributed by atoms with Gasteiger partial charge in [0.05, 0.1) is 25.4 Å². The van der Waals surface area contributed by atoms with Gasteiger partial charge in [0.1, 0.15) is 24.4 Å². The van der Waals surface area contributed by atoms with Crippen molar-refractivity contribution in [3.63, 3.8) is 0 Å². The molecular formula is C40H77NO8. The number of unbranched alkanes of at least 4 members (excludes halogenated alkanes) is 23. The van der Waals surface area contributed by atoms with E-state index in [9.17, 15) is 30.3 Å². The summed E-state index contributed by atoms with van der Waals surface area (Å²) in [6.45, 7) is 3.75. The van der Waals surface area contributed by atoms with Crippen LogP contribution < -0.4 is 5.32 Å². The second-order valence-electron chi connectivity index (χ2n) is 14.4. The summed E-state index contributed by atoms with van der Waals surface area (Å²) in [7, 11) is 0. The van der Waals surface area contributed by atoms with E-state index in [2.05, 4.69) is 19.2 Å². The Bertz CT molecular complexity index is 781. The van der Waals surface area contributed by atoms with Crippen LogP contribution >= 0.6 is 0 Å². The van der Waals surface area contributed by atoms with E-state index in [-0.39, 0.29) is 12.5 Å². The highest BCUT2D eigenvalue weighted by atomic mass is 16.7. The molecule has 1 aliphatic rings. The zero-order valence-electron chi connectivity index (χ0n) is 31.5. The average molecular weight is 700 g/mol. The molecule has 0 spiro atoms. The Hall–Kier alpha value is -1.07. The average Bonchev–Trinajstić information content (AvgIpc) is 3.10. The maximum Gasteiger partial charge on any atom is 0.220 e. The first-order valence-corrected chi connectivity index (χ1v) is 20.4. The van der Waals surface area contributed by atoms with Crippen molar-refractivity contribution in [2.75, 3.05) is 13.2 Å². The molecule has 0 bridgehead atoms. The fourth-order valence-electron chi connectivity index (χ4n) is 6.51. The Balaban J connectivity index is 2.43. The van der Waals surface area contributed by atoms with Gasteiger partial charge in [0.2, 0.25) is 5.91 Å². The highest BCUT2D eigenvalue weighted by molar-refractivity contribution is 5.76. The zero-order valence-corrected chi connectivity index (χ0v) is 31.5. The van der Waals surface area contributed by atoms with Gasteiger partial charge in [0.15, 0.2) is 6.29 Å². The normalized spacial score (nSPS) is 22.5. The van der Waals surface area contributed by atoms with E-state index < -0.39 is 49.5 Å². The molecule has 0 aromatic carbocycles. The number of hydrogen-bond donors (Lipinski definition) is 6. The molecule has 9 nitrogen and oxygen atoms in total. The Kier molecular flexibility index (Phi) is 29.7. The minimum absolute atomic E-state index is 0.178. The number of rotatable bonds is 33. The summed E-state index contributed by atoms with van der Waals surface area (Å²) in [5, 5.41) is 53.9. The molecular weight excluding hydrogens is 622 g/mol. The quantitative estimate of drug-likeness (QED) is 0.0307. The van der Waals surface area contributed by atoms with Crippen molar-refractivity contribution >= 4 is 5.91 Å². The van der Waals surface area contributed by atoms with E-state index in [0.717, 1.165) is 38.5 Å². The number of hydrogen-bond acceptors (Lipinski definition) is 8. The van der Waals surface area contributed by atoms with E-state index in [1.165, 1.54) is 122 Å². The first-order chi connectivity index (χ1) is 23.8. The first kappa shape index (κ1) is 46.0. The van der Waals surface area contributed by atoms with Gasteiger partial charge < -0.3 is 40.3 Å². The zero-order chi connectivity index (χ0) is 36.0. The van der Waals surface area contributed by atoms with E-state index in [0.29, 0.717) is 6.42 Å². The lowest BCUT2D eigenvalue weighted by Crippen LogP contribution is -2.60.